The Balaban J connectivity index is 1.41. The summed E-state index contributed by atoms with van der Waals surface area (Å²) in [4.78, 5) is 23.1. The first-order chi connectivity index (χ1) is 19.9. The van der Waals surface area contributed by atoms with E-state index in [4.69, 9.17) is 14.6 Å². The van der Waals surface area contributed by atoms with Crippen molar-refractivity contribution >= 4 is 29.3 Å². The highest BCUT2D eigenvalue weighted by Gasteiger charge is 2.33. The number of hydrogen-bond donors (Lipinski definition) is 3. The molecule has 3 unspecified atom stereocenters. The minimum absolute atomic E-state index is 0.0354. The molecule has 3 atom stereocenters. The van der Waals surface area contributed by atoms with Crippen molar-refractivity contribution in [3.8, 4) is 0 Å². The normalized spacial score (nSPS) is 18.6. The first-order valence-corrected chi connectivity index (χ1v) is 14.8. The van der Waals surface area contributed by atoms with Crippen LogP contribution in [0.3, 0.4) is 0 Å². The van der Waals surface area contributed by atoms with Crippen molar-refractivity contribution in [3.63, 3.8) is 0 Å². The van der Waals surface area contributed by atoms with Crippen molar-refractivity contribution < 1.29 is 34.0 Å². The van der Waals surface area contributed by atoms with Crippen LogP contribution in [0.1, 0.15) is 74.0 Å². The summed E-state index contributed by atoms with van der Waals surface area (Å²) in [6.07, 6.45) is 4.34. The molecule has 4 rings (SSSR count). The van der Waals surface area contributed by atoms with E-state index in [1.807, 2.05) is 54.6 Å². The van der Waals surface area contributed by atoms with Gasteiger partial charge in [-0.15, -0.1) is 0 Å². The number of carbonyl (C=O) groups is 2. The number of amides is 1. The van der Waals surface area contributed by atoms with E-state index >= 15 is 0 Å². The van der Waals surface area contributed by atoms with Crippen LogP contribution in [0.5, 0.6) is 0 Å². The van der Waals surface area contributed by atoms with Gasteiger partial charge in [-0.1, -0.05) is 61.0 Å². The highest BCUT2D eigenvalue weighted by molar-refractivity contribution is 7.99. The summed E-state index contributed by atoms with van der Waals surface area (Å²) in [5, 5.41) is 33.8. The summed E-state index contributed by atoms with van der Waals surface area (Å²) in [5.41, 5.74) is 3.19. The smallest absolute Gasteiger partial charge is 0.303 e. The Morgan fingerprint density at radius 1 is 0.951 bits per heavy atom. The molecule has 3 N–H and O–H groups in total. The molecule has 1 aliphatic rings. The van der Waals surface area contributed by atoms with E-state index in [0.717, 1.165) is 34.3 Å². The number of carboxylic acids is 1. The monoisotopic (exact) mass is 580 g/mol. The second-order valence-electron chi connectivity index (χ2n) is 10.0. The molecule has 9 nitrogen and oxygen atoms in total. The van der Waals surface area contributed by atoms with Crippen molar-refractivity contribution in [2.45, 2.75) is 75.1 Å². The summed E-state index contributed by atoms with van der Waals surface area (Å²) in [6.45, 7) is -0.0354. The van der Waals surface area contributed by atoms with Gasteiger partial charge in [-0.2, -0.15) is 4.73 Å². The van der Waals surface area contributed by atoms with Crippen molar-refractivity contribution in [2.75, 3.05) is 11.1 Å². The number of carboxylic acid groups (broad SMARTS) is 1. The number of aromatic nitrogens is 1. The van der Waals surface area contributed by atoms with Crippen LogP contribution in [0.25, 0.3) is 0 Å². The number of unbranched alkanes of at least 4 members (excludes halogenated alkanes) is 3. The van der Waals surface area contributed by atoms with E-state index in [0.29, 0.717) is 42.1 Å². The van der Waals surface area contributed by atoms with Gasteiger partial charge in [-0.3, -0.25) is 9.59 Å². The molecule has 10 heteroatoms. The highest BCUT2D eigenvalue weighted by atomic mass is 32.2. The average Bonchev–Trinajstić information content (AvgIpc) is 2.98. The van der Waals surface area contributed by atoms with Crippen LogP contribution in [-0.4, -0.2) is 33.9 Å². The van der Waals surface area contributed by atoms with Crippen LogP contribution in [0, 0.1) is 5.21 Å². The number of ether oxygens (including phenoxy) is 2. The molecular formula is C31H36N2O7S. The number of pyridine rings is 1. The van der Waals surface area contributed by atoms with Crippen LogP contribution in [0.15, 0.2) is 78.0 Å². The van der Waals surface area contributed by atoms with Crippen molar-refractivity contribution in [1.82, 2.24) is 0 Å². The lowest BCUT2D eigenvalue weighted by molar-refractivity contribution is -0.645. The number of rotatable bonds is 14. The standard InChI is InChI=1S/C31H36N2O7S/c34-20-22-13-15-23(16-14-22)27-19-26(21-41-29-11-5-6-17-33(29)38)39-31(40-27)24-8-7-9-25(18-24)32-28(35)10-3-1-2-4-12-30(36)37/h5-9,11,13-18,26-27,31,34H,1-4,10,12,19-21H2,(H,32,35)(H,36,37). The number of hydrogen-bond acceptors (Lipinski definition) is 7. The molecule has 0 bridgehead atoms. The zero-order valence-electron chi connectivity index (χ0n) is 22.8. The van der Waals surface area contributed by atoms with E-state index in [-0.39, 0.29) is 31.1 Å². The Kier molecular flexibility index (Phi) is 11.6. The second-order valence-corrected chi connectivity index (χ2v) is 11.0. The van der Waals surface area contributed by atoms with E-state index in [1.54, 1.807) is 12.1 Å². The summed E-state index contributed by atoms with van der Waals surface area (Å²) >= 11 is 1.43. The molecule has 41 heavy (non-hydrogen) atoms. The summed E-state index contributed by atoms with van der Waals surface area (Å²) in [7, 11) is 0. The summed E-state index contributed by atoms with van der Waals surface area (Å²) in [5.74, 6) is -0.340. The van der Waals surface area contributed by atoms with Gasteiger partial charge < -0.3 is 30.2 Å². The van der Waals surface area contributed by atoms with E-state index < -0.39 is 12.3 Å². The fraction of sp³-hybridized carbons (Fsp3) is 0.387. The Hall–Kier alpha value is -3.44. The number of benzene rings is 2. The van der Waals surface area contributed by atoms with Gasteiger partial charge in [-0.25, -0.2) is 0 Å². The van der Waals surface area contributed by atoms with Crippen LogP contribution in [0.2, 0.25) is 0 Å². The molecule has 0 aliphatic carbocycles. The van der Waals surface area contributed by atoms with Gasteiger partial charge in [0.1, 0.15) is 0 Å². The largest absolute Gasteiger partial charge is 0.618 e. The van der Waals surface area contributed by atoms with Crippen molar-refractivity contribution in [2.24, 2.45) is 0 Å². The fourth-order valence-corrected chi connectivity index (χ4v) is 5.56. The predicted molar refractivity (Wildman–Crippen MR) is 155 cm³/mol. The molecule has 1 aromatic heterocycles. The molecule has 2 aromatic carbocycles. The van der Waals surface area contributed by atoms with Gasteiger partial charge >= 0.3 is 5.97 Å². The van der Waals surface area contributed by atoms with E-state index in [2.05, 4.69) is 5.32 Å². The third-order valence-corrected chi connectivity index (χ3v) is 7.96. The molecule has 0 saturated carbocycles. The fourth-order valence-electron chi connectivity index (χ4n) is 4.63. The number of aliphatic hydroxyl groups is 1. The van der Waals surface area contributed by atoms with Crippen LogP contribution < -0.4 is 10.0 Å². The first kappa shape index (κ1) is 30.5. The Labute approximate surface area is 244 Å². The Morgan fingerprint density at radius 2 is 1.73 bits per heavy atom. The van der Waals surface area contributed by atoms with Crippen molar-refractivity contribution in [1.29, 1.82) is 0 Å². The quantitative estimate of drug-likeness (QED) is 0.0984. The van der Waals surface area contributed by atoms with E-state index in [9.17, 15) is 19.9 Å². The Bertz CT molecular complexity index is 1290. The van der Waals surface area contributed by atoms with E-state index in [1.165, 1.54) is 18.0 Å². The van der Waals surface area contributed by atoms with Gasteiger partial charge in [0.25, 0.3) is 5.03 Å². The van der Waals surface area contributed by atoms with Gasteiger partial charge in [0.05, 0.1) is 18.8 Å². The molecule has 0 radical (unpaired) electrons. The molecule has 3 aromatic rings. The zero-order chi connectivity index (χ0) is 29.0. The topological polar surface area (TPSA) is 132 Å². The lowest BCUT2D eigenvalue weighted by Crippen LogP contribution is -2.32. The number of thioether (sulfide) groups is 1. The molecule has 1 aliphatic heterocycles. The average molecular weight is 581 g/mol. The number of carbonyl (C=O) groups excluding carboxylic acids is 1. The van der Waals surface area contributed by atoms with Crippen LogP contribution >= 0.6 is 11.8 Å². The summed E-state index contributed by atoms with van der Waals surface area (Å²) < 4.78 is 13.6. The summed E-state index contributed by atoms with van der Waals surface area (Å²) in [6, 6.07) is 20.4. The Morgan fingerprint density at radius 3 is 2.46 bits per heavy atom. The molecule has 1 fully saturated rings. The lowest BCUT2D eigenvalue weighted by Gasteiger charge is -2.36. The maximum absolute atomic E-state index is 12.5. The minimum atomic E-state index is -0.795. The van der Waals surface area contributed by atoms with Crippen LogP contribution in [-0.2, 0) is 25.7 Å². The molecule has 1 saturated heterocycles. The first-order valence-electron chi connectivity index (χ1n) is 13.8. The molecule has 1 amide bonds. The van der Waals surface area contributed by atoms with Crippen molar-refractivity contribution in [3.05, 3.63) is 94.8 Å². The molecule has 2 heterocycles. The number of anilines is 1. The number of nitrogens with one attached hydrogen (secondary N) is 1. The minimum Gasteiger partial charge on any atom is -0.618 e. The van der Waals surface area contributed by atoms with Gasteiger partial charge in [0, 0.05) is 48.4 Å². The maximum atomic E-state index is 12.5. The third-order valence-electron chi connectivity index (χ3n) is 6.81. The predicted octanol–water partition coefficient (Wildman–Crippen LogP) is 5.51. The number of aliphatic carboxylic acids is 1. The maximum Gasteiger partial charge on any atom is 0.303 e. The number of nitrogens with zero attached hydrogens (tertiary/aromatic N) is 1. The molecule has 218 valence electrons. The third kappa shape index (κ3) is 9.57. The van der Waals surface area contributed by atoms with Gasteiger partial charge in [0.15, 0.2) is 12.5 Å². The lowest BCUT2D eigenvalue weighted by atomic mass is 10.0. The number of aliphatic hydroxyl groups excluding tert-OH is 1. The SMILES string of the molecule is O=C(O)CCCCCCC(=O)Nc1cccc(C2OC(CSc3cccc[n+]3[O-])CC(c3ccc(CO)cc3)O2)c1. The van der Waals surface area contributed by atoms with Gasteiger partial charge in [0.2, 0.25) is 5.91 Å². The van der Waals surface area contributed by atoms with Crippen LogP contribution in [0.4, 0.5) is 5.69 Å². The second kappa shape index (κ2) is 15.5. The van der Waals surface area contributed by atoms with Gasteiger partial charge in [-0.05, 0) is 42.2 Å². The highest BCUT2D eigenvalue weighted by Crippen LogP contribution is 2.39. The molecular weight excluding hydrogens is 544 g/mol. The zero-order valence-corrected chi connectivity index (χ0v) is 23.6. The molecule has 0 spiro atoms.